The van der Waals surface area contributed by atoms with E-state index in [0.717, 1.165) is 24.4 Å². The monoisotopic (exact) mass is 322 g/mol. The van der Waals surface area contributed by atoms with Gasteiger partial charge in [-0.3, -0.25) is 4.98 Å². The van der Waals surface area contributed by atoms with E-state index in [1.54, 1.807) is 6.20 Å². The molecule has 0 radical (unpaired) electrons. The van der Waals surface area contributed by atoms with Crippen molar-refractivity contribution in [3.05, 3.63) is 65.5 Å². The fourth-order valence-corrected chi connectivity index (χ4v) is 2.99. The second-order valence-corrected chi connectivity index (χ2v) is 6.80. The van der Waals surface area contributed by atoms with Crippen molar-refractivity contribution in [2.75, 3.05) is 6.54 Å². The van der Waals surface area contributed by atoms with E-state index in [1.807, 2.05) is 0 Å². The summed E-state index contributed by atoms with van der Waals surface area (Å²) in [5.74, 6) is 0.881. The predicted molar refractivity (Wildman–Crippen MR) is 104 cm³/mol. The first kappa shape index (κ1) is 18.3. The molecule has 2 aromatic rings. The standard InChI is InChI=1S/C22H30N2/c1-7-16(4)20-13-21(17(5)14-23-8-2)24-22(18(20)6)19-11-9-15(3)10-12-19/h8-13,16-17,23H,2,7,14H2,1,3-6H3. The van der Waals surface area contributed by atoms with E-state index in [-0.39, 0.29) is 0 Å². The molecule has 0 aliphatic heterocycles. The zero-order valence-electron chi connectivity index (χ0n) is 15.7. The second kappa shape index (κ2) is 8.14. The number of aromatic nitrogens is 1. The van der Waals surface area contributed by atoms with E-state index < -0.39 is 0 Å². The molecule has 2 heteroatoms. The molecule has 0 amide bonds. The van der Waals surface area contributed by atoms with Crippen LogP contribution in [0.25, 0.3) is 11.3 Å². The summed E-state index contributed by atoms with van der Waals surface area (Å²) in [5, 5.41) is 3.21. The number of rotatable bonds is 7. The molecule has 2 atom stereocenters. The molecule has 2 rings (SSSR count). The third-order valence-corrected chi connectivity index (χ3v) is 4.87. The minimum absolute atomic E-state index is 0.343. The summed E-state index contributed by atoms with van der Waals surface area (Å²) in [5.41, 5.74) is 7.48. The summed E-state index contributed by atoms with van der Waals surface area (Å²) in [6.07, 6.45) is 2.89. The summed E-state index contributed by atoms with van der Waals surface area (Å²) in [4.78, 5) is 5.03. The molecular formula is C22H30N2. The maximum absolute atomic E-state index is 5.03. The topological polar surface area (TPSA) is 24.9 Å². The van der Waals surface area contributed by atoms with Crippen LogP contribution in [0.15, 0.2) is 43.1 Å². The first-order valence-corrected chi connectivity index (χ1v) is 8.90. The molecule has 0 bridgehead atoms. The molecule has 1 N–H and O–H groups in total. The number of hydrogen-bond acceptors (Lipinski definition) is 2. The number of nitrogens with zero attached hydrogens (tertiary/aromatic N) is 1. The lowest BCUT2D eigenvalue weighted by atomic mass is 9.89. The molecule has 0 spiro atoms. The molecule has 128 valence electrons. The van der Waals surface area contributed by atoms with Crippen LogP contribution in [-0.4, -0.2) is 11.5 Å². The average molecular weight is 322 g/mol. The van der Waals surface area contributed by atoms with Gasteiger partial charge < -0.3 is 5.32 Å². The number of pyridine rings is 1. The average Bonchev–Trinajstić information content (AvgIpc) is 2.60. The number of nitrogens with one attached hydrogen (secondary N) is 1. The largest absolute Gasteiger partial charge is 0.391 e. The van der Waals surface area contributed by atoms with Crippen molar-refractivity contribution in [3.8, 4) is 11.3 Å². The maximum Gasteiger partial charge on any atom is 0.0737 e. The van der Waals surface area contributed by atoms with Crippen molar-refractivity contribution in [1.29, 1.82) is 0 Å². The van der Waals surface area contributed by atoms with Crippen molar-refractivity contribution in [1.82, 2.24) is 10.3 Å². The van der Waals surface area contributed by atoms with Crippen LogP contribution in [0, 0.1) is 13.8 Å². The lowest BCUT2D eigenvalue weighted by molar-refractivity contribution is 0.672. The summed E-state index contributed by atoms with van der Waals surface area (Å²) < 4.78 is 0. The molecule has 24 heavy (non-hydrogen) atoms. The van der Waals surface area contributed by atoms with Gasteiger partial charge in [0.05, 0.1) is 5.69 Å². The first-order valence-electron chi connectivity index (χ1n) is 8.90. The number of benzene rings is 1. The molecule has 2 nitrogen and oxygen atoms in total. The van der Waals surface area contributed by atoms with Crippen molar-refractivity contribution in [3.63, 3.8) is 0 Å². The highest BCUT2D eigenvalue weighted by Gasteiger charge is 2.17. The SMILES string of the molecule is C=CNCC(C)c1cc(C(C)CC)c(C)c(-c2ccc(C)cc2)n1. The summed E-state index contributed by atoms with van der Waals surface area (Å²) in [6, 6.07) is 11.0. The van der Waals surface area contributed by atoms with Gasteiger partial charge in [0, 0.05) is 23.7 Å². The van der Waals surface area contributed by atoms with Crippen LogP contribution in [0.1, 0.15) is 61.4 Å². The van der Waals surface area contributed by atoms with Gasteiger partial charge in [-0.05, 0) is 49.6 Å². The minimum Gasteiger partial charge on any atom is -0.391 e. The van der Waals surface area contributed by atoms with Crippen LogP contribution >= 0.6 is 0 Å². The molecule has 1 aromatic heterocycles. The van der Waals surface area contributed by atoms with Crippen molar-refractivity contribution in [2.45, 2.75) is 52.9 Å². The third kappa shape index (κ3) is 4.05. The van der Waals surface area contributed by atoms with Crippen LogP contribution in [-0.2, 0) is 0 Å². The fourth-order valence-electron chi connectivity index (χ4n) is 2.99. The van der Waals surface area contributed by atoms with E-state index in [2.05, 4.69) is 76.8 Å². The lowest BCUT2D eigenvalue weighted by Gasteiger charge is -2.20. The maximum atomic E-state index is 5.03. The highest BCUT2D eigenvalue weighted by molar-refractivity contribution is 5.65. The number of hydrogen-bond donors (Lipinski definition) is 1. The third-order valence-electron chi connectivity index (χ3n) is 4.87. The minimum atomic E-state index is 0.343. The van der Waals surface area contributed by atoms with E-state index in [4.69, 9.17) is 4.98 Å². The number of aryl methyl sites for hydroxylation is 1. The van der Waals surface area contributed by atoms with Gasteiger partial charge in [-0.1, -0.05) is 57.2 Å². The van der Waals surface area contributed by atoms with Crippen molar-refractivity contribution >= 4 is 0 Å². The van der Waals surface area contributed by atoms with Crippen LogP contribution in [0.2, 0.25) is 0 Å². The van der Waals surface area contributed by atoms with Crippen LogP contribution in [0.3, 0.4) is 0 Å². The Morgan fingerprint density at radius 3 is 2.38 bits per heavy atom. The van der Waals surface area contributed by atoms with Gasteiger partial charge in [0.1, 0.15) is 0 Å². The van der Waals surface area contributed by atoms with E-state index >= 15 is 0 Å². The van der Waals surface area contributed by atoms with Gasteiger partial charge in [-0.25, -0.2) is 0 Å². The first-order chi connectivity index (χ1) is 11.5. The van der Waals surface area contributed by atoms with E-state index in [9.17, 15) is 0 Å². The Kier molecular flexibility index (Phi) is 6.19. The molecular weight excluding hydrogens is 292 g/mol. The zero-order valence-corrected chi connectivity index (χ0v) is 15.7. The molecule has 1 aromatic carbocycles. The molecule has 2 unspecified atom stereocenters. The Balaban J connectivity index is 2.55. The Labute approximate surface area is 147 Å². The van der Waals surface area contributed by atoms with E-state index in [1.165, 1.54) is 22.3 Å². The van der Waals surface area contributed by atoms with Gasteiger partial charge in [0.15, 0.2) is 0 Å². The quantitative estimate of drug-likeness (QED) is 0.705. The van der Waals surface area contributed by atoms with Crippen LogP contribution < -0.4 is 5.32 Å². The fraction of sp³-hybridized carbons (Fsp3) is 0.409. The summed E-state index contributed by atoms with van der Waals surface area (Å²) >= 11 is 0. The van der Waals surface area contributed by atoms with Crippen LogP contribution in [0.5, 0.6) is 0 Å². The molecule has 0 saturated heterocycles. The molecule has 0 aliphatic rings. The molecule has 0 saturated carbocycles. The summed E-state index contributed by atoms with van der Waals surface area (Å²) in [6.45, 7) is 15.7. The Morgan fingerprint density at radius 2 is 1.79 bits per heavy atom. The molecule has 0 aliphatic carbocycles. The van der Waals surface area contributed by atoms with Crippen molar-refractivity contribution in [2.24, 2.45) is 0 Å². The van der Waals surface area contributed by atoms with Gasteiger partial charge in [0.25, 0.3) is 0 Å². The van der Waals surface area contributed by atoms with Gasteiger partial charge in [-0.2, -0.15) is 0 Å². The van der Waals surface area contributed by atoms with Crippen molar-refractivity contribution < 1.29 is 0 Å². The normalized spacial score (nSPS) is 13.4. The zero-order chi connectivity index (χ0) is 17.7. The predicted octanol–water partition coefficient (Wildman–Crippen LogP) is 5.72. The smallest absolute Gasteiger partial charge is 0.0737 e. The second-order valence-electron chi connectivity index (χ2n) is 6.80. The summed E-state index contributed by atoms with van der Waals surface area (Å²) in [7, 11) is 0. The van der Waals surface area contributed by atoms with Crippen LogP contribution in [0.4, 0.5) is 0 Å². The molecule has 0 fully saturated rings. The van der Waals surface area contributed by atoms with Gasteiger partial charge in [-0.15, -0.1) is 0 Å². The Bertz CT molecular complexity index is 686. The van der Waals surface area contributed by atoms with Gasteiger partial charge >= 0.3 is 0 Å². The Hall–Kier alpha value is -2.09. The molecule has 1 heterocycles. The van der Waals surface area contributed by atoms with E-state index in [0.29, 0.717) is 11.8 Å². The highest BCUT2D eigenvalue weighted by Crippen LogP contribution is 2.32. The lowest BCUT2D eigenvalue weighted by Crippen LogP contribution is -2.16. The Morgan fingerprint density at radius 1 is 1.12 bits per heavy atom. The highest BCUT2D eigenvalue weighted by atomic mass is 14.8. The van der Waals surface area contributed by atoms with Gasteiger partial charge in [0.2, 0.25) is 0 Å².